The third-order valence-corrected chi connectivity index (χ3v) is 5.62. The van der Waals surface area contributed by atoms with Gasteiger partial charge in [0.15, 0.2) is 5.03 Å². The van der Waals surface area contributed by atoms with Crippen LogP contribution in [-0.4, -0.2) is 42.6 Å². The summed E-state index contributed by atoms with van der Waals surface area (Å²) < 4.78 is 26.8. The second-order valence-electron chi connectivity index (χ2n) is 6.07. The van der Waals surface area contributed by atoms with Gasteiger partial charge in [-0.15, -0.1) is 0 Å². The number of nitrogens with one attached hydrogen (secondary N) is 2. The van der Waals surface area contributed by atoms with Gasteiger partial charge in [-0.25, -0.2) is 8.42 Å². The van der Waals surface area contributed by atoms with Crippen LogP contribution in [0.25, 0.3) is 0 Å². The summed E-state index contributed by atoms with van der Waals surface area (Å²) in [6, 6.07) is -0.122. The molecule has 6 nitrogen and oxygen atoms in total. The molecule has 0 fully saturated rings. The number of aromatic nitrogens is 2. The van der Waals surface area contributed by atoms with Crippen LogP contribution in [-0.2, 0) is 16.6 Å². The average molecular weight is 302 g/mol. The van der Waals surface area contributed by atoms with E-state index in [2.05, 4.69) is 15.5 Å². The van der Waals surface area contributed by atoms with E-state index in [4.69, 9.17) is 0 Å². The molecule has 7 heteroatoms. The normalized spacial score (nSPS) is 14.8. The molecule has 0 amide bonds. The van der Waals surface area contributed by atoms with Gasteiger partial charge in [0.05, 0.1) is 6.20 Å². The maximum atomic E-state index is 12.7. The van der Waals surface area contributed by atoms with E-state index < -0.39 is 10.0 Å². The number of sulfonamides is 1. The van der Waals surface area contributed by atoms with Crippen LogP contribution in [0.15, 0.2) is 11.2 Å². The highest BCUT2D eigenvalue weighted by Gasteiger charge is 2.34. The zero-order valence-corrected chi connectivity index (χ0v) is 14.0. The summed E-state index contributed by atoms with van der Waals surface area (Å²) in [5, 5.41) is 9.79. The first-order valence-electron chi connectivity index (χ1n) is 6.83. The van der Waals surface area contributed by atoms with Crippen molar-refractivity contribution in [1.29, 1.82) is 0 Å². The molecule has 0 aromatic carbocycles. The van der Waals surface area contributed by atoms with E-state index in [9.17, 15) is 8.42 Å². The predicted molar refractivity (Wildman–Crippen MR) is 79.8 cm³/mol. The fourth-order valence-corrected chi connectivity index (χ4v) is 3.45. The Morgan fingerprint density at radius 3 is 2.55 bits per heavy atom. The van der Waals surface area contributed by atoms with Crippen LogP contribution in [0.1, 0.15) is 40.2 Å². The molecule has 1 heterocycles. The van der Waals surface area contributed by atoms with Gasteiger partial charge in [0.1, 0.15) is 0 Å². The van der Waals surface area contributed by atoms with Crippen molar-refractivity contribution in [2.24, 2.45) is 5.41 Å². The SMILES string of the molecule is CCNCc1cn[nH]c1S(=O)(=O)N(C)C(C)C(C)(C)C. The molecular formula is C13H26N4O2S. The minimum Gasteiger partial charge on any atom is -0.313 e. The van der Waals surface area contributed by atoms with Gasteiger partial charge < -0.3 is 5.32 Å². The topological polar surface area (TPSA) is 78.1 Å². The lowest BCUT2D eigenvalue weighted by Crippen LogP contribution is -2.43. The molecule has 1 aromatic rings. The van der Waals surface area contributed by atoms with Crippen LogP contribution in [0.4, 0.5) is 0 Å². The van der Waals surface area contributed by atoms with Gasteiger partial charge in [0.2, 0.25) is 0 Å². The van der Waals surface area contributed by atoms with Crippen molar-refractivity contribution in [2.75, 3.05) is 13.6 Å². The third kappa shape index (κ3) is 3.59. The molecule has 0 aliphatic heterocycles. The summed E-state index contributed by atoms with van der Waals surface area (Å²) in [6.45, 7) is 11.2. The van der Waals surface area contributed by atoms with Crippen molar-refractivity contribution in [2.45, 2.75) is 52.2 Å². The first-order chi connectivity index (χ1) is 9.12. The average Bonchev–Trinajstić information content (AvgIpc) is 2.82. The Morgan fingerprint density at radius 2 is 2.05 bits per heavy atom. The van der Waals surface area contributed by atoms with Crippen LogP contribution < -0.4 is 5.32 Å². The molecule has 0 saturated carbocycles. The lowest BCUT2D eigenvalue weighted by atomic mass is 9.88. The van der Waals surface area contributed by atoms with Crippen LogP contribution in [0, 0.1) is 5.41 Å². The lowest BCUT2D eigenvalue weighted by Gasteiger charge is -2.34. The van der Waals surface area contributed by atoms with Gasteiger partial charge in [-0.2, -0.15) is 9.40 Å². The predicted octanol–water partition coefficient (Wildman–Crippen LogP) is 1.57. The zero-order chi connectivity index (χ0) is 15.6. The highest BCUT2D eigenvalue weighted by atomic mass is 32.2. The molecule has 2 N–H and O–H groups in total. The molecule has 1 aromatic heterocycles. The number of nitrogens with zero attached hydrogens (tertiary/aromatic N) is 2. The van der Waals surface area contributed by atoms with Crippen molar-refractivity contribution >= 4 is 10.0 Å². The Bertz CT molecular complexity index is 531. The molecule has 1 atom stereocenters. The van der Waals surface area contributed by atoms with Crippen LogP contribution >= 0.6 is 0 Å². The lowest BCUT2D eigenvalue weighted by molar-refractivity contribution is 0.216. The zero-order valence-electron chi connectivity index (χ0n) is 13.2. The molecule has 0 bridgehead atoms. The molecule has 20 heavy (non-hydrogen) atoms. The molecule has 0 aliphatic carbocycles. The summed E-state index contributed by atoms with van der Waals surface area (Å²) in [5.41, 5.74) is 0.531. The molecule has 1 unspecified atom stereocenters. The molecule has 0 spiro atoms. The monoisotopic (exact) mass is 302 g/mol. The molecule has 116 valence electrons. The summed E-state index contributed by atoms with van der Waals surface area (Å²) >= 11 is 0. The Kier molecular flexibility index (Phi) is 5.34. The Balaban J connectivity index is 3.08. The minimum atomic E-state index is -3.56. The maximum Gasteiger partial charge on any atom is 0.260 e. The van der Waals surface area contributed by atoms with Crippen LogP contribution in [0.2, 0.25) is 0 Å². The van der Waals surface area contributed by atoms with E-state index >= 15 is 0 Å². The fraction of sp³-hybridized carbons (Fsp3) is 0.769. The quantitative estimate of drug-likeness (QED) is 0.836. The largest absolute Gasteiger partial charge is 0.313 e. The van der Waals surface area contributed by atoms with Gasteiger partial charge >= 0.3 is 0 Å². The third-order valence-electron chi connectivity index (χ3n) is 3.68. The smallest absolute Gasteiger partial charge is 0.260 e. The molecular weight excluding hydrogens is 276 g/mol. The van der Waals surface area contributed by atoms with Gasteiger partial charge in [0, 0.05) is 25.2 Å². The molecule has 0 radical (unpaired) electrons. The van der Waals surface area contributed by atoms with Crippen molar-refractivity contribution < 1.29 is 8.42 Å². The van der Waals surface area contributed by atoms with E-state index in [1.807, 2.05) is 34.6 Å². The summed E-state index contributed by atoms with van der Waals surface area (Å²) in [5.74, 6) is 0. The van der Waals surface area contributed by atoms with Gasteiger partial charge in [-0.05, 0) is 18.9 Å². The Morgan fingerprint density at radius 1 is 1.45 bits per heavy atom. The van der Waals surface area contributed by atoms with Crippen LogP contribution in [0.5, 0.6) is 0 Å². The minimum absolute atomic E-state index is 0.122. The van der Waals surface area contributed by atoms with E-state index in [0.29, 0.717) is 12.1 Å². The number of aromatic amines is 1. The van der Waals surface area contributed by atoms with Crippen molar-refractivity contribution in [3.63, 3.8) is 0 Å². The van der Waals surface area contributed by atoms with E-state index in [1.165, 1.54) is 4.31 Å². The van der Waals surface area contributed by atoms with Gasteiger partial charge in [-0.1, -0.05) is 27.7 Å². The highest BCUT2D eigenvalue weighted by molar-refractivity contribution is 7.89. The highest BCUT2D eigenvalue weighted by Crippen LogP contribution is 2.27. The van der Waals surface area contributed by atoms with Gasteiger partial charge in [-0.3, -0.25) is 5.10 Å². The van der Waals surface area contributed by atoms with Crippen LogP contribution in [0.3, 0.4) is 0 Å². The van der Waals surface area contributed by atoms with Crippen molar-refractivity contribution in [3.8, 4) is 0 Å². The molecule has 1 rings (SSSR count). The number of rotatable bonds is 6. The fourth-order valence-electron chi connectivity index (χ4n) is 1.81. The summed E-state index contributed by atoms with van der Waals surface area (Å²) in [4.78, 5) is 0. The number of H-pyrrole nitrogens is 1. The second kappa shape index (κ2) is 6.24. The van der Waals surface area contributed by atoms with Crippen molar-refractivity contribution in [1.82, 2.24) is 19.8 Å². The van der Waals surface area contributed by atoms with E-state index in [1.54, 1.807) is 13.2 Å². The Hall–Kier alpha value is -0.920. The summed E-state index contributed by atoms with van der Waals surface area (Å²) in [7, 11) is -1.95. The maximum absolute atomic E-state index is 12.7. The van der Waals surface area contributed by atoms with Gasteiger partial charge in [0.25, 0.3) is 10.0 Å². The first-order valence-corrected chi connectivity index (χ1v) is 8.27. The molecule has 0 aliphatic rings. The summed E-state index contributed by atoms with van der Waals surface area (Å²) in [6.07, 6.45) is 1.56. The number of hydrogen-bond donors (Lipinski definition) is 2. The standard InChI is InChI=1S/C13H26N4O2S/c1-7-14-8-11-9-15-16-12(11)20(18,19)17(6)10(2)13(3,4)5/h9-10,14H,7-8H2,1-6H3,(H,15,16). The molecule has 0 saturated heterocycles. The van der Waals surface area contributed by atoms with E-state index in [-0.39, 0.29) is 16.5 Å². The second-order valence-corrected chi connectivity index (χ2v) is 8.00. The van der Waals surface area contributed by atoms with E-state index in [0.717, 1.165) is 6.54 Å². The van der Waals surface area contributed by atoms with Crippen molar-refractivity contribution in [3.05, 3.63) is 11.8 Å². The number of hydrogen-bond acceptors (Lipinski definition) is 4. The first kappa shape index (κ1) is 17.1. The Labute approximate surface area is 122 Å².